The molecule has 0 saturated carbocycles. The van der Waals surface area contributed by atoms with Crippen molar-refractivity contribution in [1.29, 1.82) is 0 Å². The quantitative estimate of drug-likeness (QED) is 0.242. The zero-order valence-electron chi connectivity index (χ0n) is 5.89. The van der Waals surface area contributed by atoms with Crippen LogP contribution in [0.25, 0.3) is 0 Å². The number of carbonyl (C=O) groups is 1. The first-order valence-electron chi connectivity index (χ1n) is 2.83. The van der Waals surface area contributed by atoms with Crippen molar-refractivity contribution in [2.45, 2.75) is 18.1 Å². The summed E-state index contributed by atoms with van der Waals surface area (Å²) in [6, 6.07) is 0. The maximum absolute atomic E-state index is 10.3. The molecular formula is C5H10O5S. The molecule has 0 bridgehead atoms. The van der Waals surface area contributed by atoms with E-state index in [1.165, 1.54) is 0 Å². The summed E-state index contributed by atoms with van der Waals surface area (Å²) in [4.78, 5) is 10.3. The van der Waals surface area contributed by atoms with E-state index in [1.54, 1.807) is 0 Å². The second kappa shape index (κ2) is 3.91. The Labute approximate surface area is 69.0 Å². The second-order valence-electron chi connectivity index (χ2n) is 1.95. The predicted molar refractivity (Wildman–Crippen MR) is 38.8 cm³/mol. The van der Waals surface area contributed by atoms with Gasteiger partial charge in [0.15, 0.2) is 6.10 Å². The van der Waals surface area contributed by atoms with Crippen LogP contribution in [0.4, 0.5) is 0 Å². The van der Waals surface area contributed by atoms with Crippen molar-refractivity contribution in [2.75, 3.05) is 6.61 Å². The van der Waals surface area contributed by atoms with Gasteiger partial charge in [-0.05, 0) is 0 Å². The fourth-order valence-corrected chi connectivity index (χ4v) is 0.609. The monoisotopic (exact) mass is 182 g/mol. The summed E-state index contributed by atoms with van der Waals surface area (Å²) in [5.41, 5.74) is 0. The third kappa shape index (κ3) is 3.57. The molecule has 2 atom stereocenters. The molecule has 11 heavy (non-hydrogen) atoms. The van der Waals surface area contributed by atoms with Gasteiger partial charge in [-0.1, -0.05) is 12.6 Å². The Hall–Kier alpha value is -0.300. The first kappa shape index (κ1) is 10.7. The lowest BCUT2D eigenvalue weighted by atomic mass is 10.3. The molecule has 0 amide bonds. The molecule has 6 heteroatoms. The van der Waals surface area contributed by atoms with Crippen molar-refractivity contribution in [2.24, 2.45) is 0 Å². The minimum absolute atomic E-state index is 0.743. The van der Waals surface area contributed by atoms with Crippen LogP contribution < -0.4 is 0 Å². The van der Waals surface area contributed by atoms with Gasteiger partial charge in [-0.2, -0.15) is 0 Å². The van der Waals surface area contributed by atoms with Crippen LogP contribution >= 0.6 is 12.6 Å². The first-order valence-corrected chi connectivity index (χ1v) is 3.28. The number of thiol groups is 1. The Kier molecular flexibility index (Phi) is 3.81. The van der Waals surface area contributed by atoms with E-state index in [4.69, 9.17) is 15.3 Å². The van der Waals surface area contributed by atoms with Gasteiger partial charge < -0.3 is 20.1 Å². The van der Waals surface area contributed by atoms with Crippen LogP contribution in [0.2, 0.25) is 0 Å². The maximum Gasteiger partial charge on any atom is 0.305 e. The Morgan fingerprint density at radius 1 is 1.82 bits per heavy atom. The van der Waals surface area contributed by atoms with E-state index in [1.807, 2.05) is 0 Å². The smallest absolute Gasteiger partial charge is 0.305 e. The van der Waals surface area contributed by atoms with Crippen molar-refractivity contribution < 1.29 is 24.9 Å². The van der Waals surface area contributed by atoms with Crippen LogP contribution in [-0.2, 0) is 9.53 Å². The van der Waals surface area contributed by atoms with Gasteiger partial charge in [0.25, 0.3) is 5.12 Å². The third-order valence-electron chi connectivity index (χ3n) is 0.901. The molecule has 0 aliphatic carbocycles. The summed E-state index contributed by atoms with van der Waals surface area (Å²) in [6.07, 6.45) is -1.62. The standard InChI is InChI=1S/C5H10O5S/c1-3(7)10-5(9,11)4(8)2-6/h4,6,8-9,11H,2H2,1H3. The maximum atomic E-state index is 10.3. The van der Waals surface area contributed by atoms with Crippen LogP contribution in [0.3, 0.4) is 0 Å². The van der Waals surface area contributed by atoms with E-state index in [9.17, 15) is 4.79 Å². The lowest BCUT2D eigenvalue weighted by molar-refractivity contribution is -0.203. The van der Waals surface area contributed by atoms with Crippen molar-refractivity contribution in [3.05, 3.63) is 0 Å². The molecule has 0 heterocycles. The summed E-state index contributed by atoms with van der Waals surface area (Å²) in [6.45, 7) is 0.304. The summed E-state index contributed by atoms with van der Waals surface area (Å²) in [5.74, 6) is -0.796. The number of ether oxygens (including phenoxy) is 1. The lowest BCUT2D eigenvalue weighted by Crippen LogP contribution is -2.43. The van der Waals surface area contributed by atoms with Gasteiger partial charge in [-0.15, -0.1) is 0 Å². The van der Waals surface area contributed by atoms with E-state index in [0.717, 1.165) is 6.92 Å². The number of rotatable bonds is 3. The highest BCUT2D eigenvalue weighted by Crippen LogP contribution is 2.17. The highest BCUT2D eigenvalue weighted by atomic mass is 32.1. The van der Waals surface area contributed by atoms with Gasteiger partial charge in [0.1, 0.15) is 0 Å². The topological polar surface area (TPSA) is 87.0 Å². The number of aliphatic hydroxyl groups excluding tert-OH is 2. The van der Waals surface area contributed by atoms with Crippen LogP contribution in [0.15, 0.2) is 0 Å². The summed E-state index contributed by atoms with van der Waals surface area (Å²) >= 11 is 3.40. The van der Waals surface area contributed by atoms with Gasteiger partial charge >= 0.3 is 5.97 Å². The molecule has 0 aromatic rings. The molecule has 2 unspecified atom stereocenters. The van der Waals surface area contributed by atoms with Crippen molar-refractivity contribution in [3.8, 4) is 0 Å². The van der Waals surface area contributed by atoms with Crippen molar-refractivity contribution in [1.82, 2.24) is 0 Å². The summed E-state index contributed by atoms with van der Waals surface area (Å²) in [5, 5.41) is 23.8. The Morgan fingerprint density at radius 3 is 2.55 bits per heavy atom. The van der Waals surface area contributed by atoms with Crippen molar-refractivity contribution in [3.63, 3.8) is 0 Å². The van der Waals surface area contributed by atoms with Crippen molar-refractivity contribution >= 4 is 18.6 Å². The molecule has 5 nitrogen and oxygen atoms in total. The van der Waals surface area contributed by atoms with Gasteiger partial charge in [0.2, 0.25) is 0 Å². The molecule has 3 N–H and O–H groups in total. The molecule has 0 aromatic carbocycles. The van der Waals surface area contributed by atoms with E-state index >= 15 is 0 Å². The molecule has 0 aromatic heterocycles. The molecule has 0 aliphatic rings. The summed E-state index contributed by atoms with van der Waals surface area (Å²) < 4.78 is 4.16. The number of hydrogen-bond donors (Lipinski definition) is 4. The Morgan fingerprint density at radius 2 is 2.27 bits per heavy atom. The lowest BCUT2D eigenvalue weighted by Gasteiger charge is -2.25. The van der Waals surface area contributed by atoms with E-state index < -0.39 is 23.8 Å². The average Bonchev–Trinajstić information content (AvgIpc) is 1.83. The fraction of sp³-hybridized carbons (Fsp3) is 0.800. The number of carbonyl (C=O) groups excluding carboxylic acids is 1. The van der Waals surface area contributed by atoms with Gasteiger partial charge in [-0.3, -0.25) is 4.79 Å². The molecule has 0 aliphatic heterocycles. The second-order valence-corrected chi connectivity index (χ2v) is 2.59. The van der Waals surface area contributed by atoms with E-state index in [-0.39, 0.29) is 0 Å². The first-order chi connectivity index (χ1) is 4.90. The average molecular weight is 182 g/mol. The normalized spacial score (nSPS) is 18.6. The Bertz CT molecular complexity index is 146. The molecule has 0 saturated heterocycles. The van der Waals surface area contributed by atoms with Crippen LogP contribution in [0, 0.1) is 0 Å². The van der Waals surface area contributed by atoms with E-state index in [0.29, 0.717) is 0 Å². The number of aliphatic hydroxyl groups is 3. The molecule has 0 fully saturated rings. The molecule has 0 rings (SSSR count). The number of esters is 1. The van der Waals surface area contributed by atoms with Crippen LogP contribution in [0.5, 0.6) is 0 Å². The van der Waals surface area contributed by atoms with E-state index in [2.05, 4.69) is 17.4 Å². The SMILES string of the molecule is CC(=O)OC(O)(S)C(O)CO. The Balaban J connectivity index is 4.08. The number of hydrogen-bond acceptors (Lipinski definition) is 6. The fourth-order valence-electron chi connectivity index (χ4n) is 0.398. The summed E-state index contributed by atoms with van der Waals surface area (Å²) in [7, 11) is 0. The molecule has 0 radical (unpaired) electrons. The highest BCUT2D eigenvalue weighted by molar-refractivity contribution is 7.81. The molecule has 66 valence electrons. The largest absolute Gasteiger partial charge is 0.421 e. The molecular weight excluding hydrogens is 172 g/mol. The predicted octanol–water partition coefficient (Wildman–Crippen LogP) is -1.52. The minimum Gasteiger partial charge on any atom is -0.421 e. The third-order valence-corrected chi connectivity index (χ3v) is 1.29. The van der Waals surface area contributed by atoms with Gasteiger partial charge in [0.05, 0.1) is 6.61 Å². The zero-order chi connectivity index (χ0) is 9.07. The zero-order valence-corrected chi connectivity index (χ0v) is 6.78. The minimum atomic E-state index is -2.32. The van der Waals surface area contributed by atoms with Gasteiger partial charge in [0, 0.05) is 6.92 Å². The van der Waals surface area contributed by atoms with Crippen LogP contribution in [-0.4, -0.2) is 39.1 Å². The van der Waals surface area contributed by atoms with Gasteiger partial charge in [-0.25, -0.2) is 0 Å². The highest BCUT2D eigenvalue weighted by Gasteiger charge is 2.34. The molecule has 0 spiro atoms. The van der Waals surface area contributed by atoms with Crippen LogP contribution in [0.1, 0.15) is 6.92 Å².